The number of nitrogens with one attached hydrogen (secondary N) is 4. The number of ether oxygens (including phenoxy) is 1. The van der Waals surface area contributed by atoms with Gasteiger partial charge in [0.05, 0.1) is 32.7 Å². The normalized spacial score (nSPS) is 18.0. The second-order valence-electron chi connectivity index (χ2n) is 8.71. The Morgan fingerprint density at radius 1 is 1.26 bits per heavy atom. The molecule has 0 bridgehead atoms. The zero-order valence-corrected chi connectivity index (χ0v) is 19.5. The van der Waals surface area contributed by atoms with Crippen LogP contribution in [0, 0.1) is 0 Å². The Balaban J connectivity index is 1.61. The number of hydrogen-bond acceptors (Lipinski definition) is 6. The molecule has 0 saturated heterocycles. The lowest BCUT2D eigenvalue weighted by molar-refractivity contribution is 0.0937. The van der Waals surface area contributed by atoms with Crippen molar-refractivity contribution in [2.24, 2.45) is 0 Å². The lowest BCUT2D eigenvalue weighted by Gasteiger charge is -2.19. The van der Waals surface area contributed by atoms with Crippen molar-refractivity contribution in [1.82, 2.24) is 10.2 Å². The Morgan fingerprint density at radius 2 is 1.97 bits per heavy atom. The van der Waals surface area contributed by atoms with Gasteiger partial charge in [-0.1, -0.05) is 29.3 Å². The number of para-hydroxylation sites is 1. The lowest BCUT2D eigenvalue weighted by atomic mass is 9.97. The minimum Gasteiger partial charge on any atom is -0.486 e. The minimum absolute atomic E-state index is 0.147. The first-order chi connectivity index (χ1) is 14.6. The van der Waals surface area contributed by atoms with E-state index in [0.29, 0.717) is 40.0 Å². The average Bonchev–Trinajstić information content (AvgIpc) is 3.22. The van der Waals surface area contributed by atoms with Gasteiger partial charge in [-0.25, -0.2) is 0 Å². The van der Waals surface area contributed by atoms with E-state index >= 15 is 0 Å². The van der Waals surface area contributed by atoms with E-state index in [-0.39, 0.29) is 12.2 Å². The highest BCUT2D eigenvalue weighted by Crippen LogP contribution is 2.48. The summed E-state index contributed by atoms with van der Waals surface area (Å²) >= 11 is 12.6. The Labute approximate surface area is 192 Å². The van der Waals surface area contributed by atoms with Gasteiger partial charge in [0.15, 0.2) is 6.29 Å². The minimum atomic E-state index is -0.393. The molecule has 1 amide bonds. The highest BCUT2D eigenvalue weighted by molar-refractivity contribution is 6.39. The third kappa shape index (κ3) is 4.49. The summed E-state index contributed by atoms with van der Waals surface area (Å²) in [5.41, 5.74) is 3.52. The molecule has 0 saturated carbocycles. The molecule has 0 aromatic heterocycles. The molecule has 2 aliphatic heterocycles. The zero-order chi connectivity index (χ0) is 22.3. The molecular weight excluding hydrogens is 437 g/mol. The van der Waals surface area contributed by atoms with Gasteiger partial charge in [0.2, 0.25) is 0 Å². The van der Waals surface area contributed by atoms with Crippen LogP contribution >= 0.6 is 23.2 Å². The first-order valence-corrected chi connectivity index (χ1v) is 11.0. The smallest absolute Gasteiger partial charge is 0.255 e. The van der Waals surface area contributed by atoms with E-state index in [0.717, 1.165) is 23.5 Å². The summed E-state index contributed by atoms with van der Waals surface area (Å²) in [5, 5.41) is 14.2. The number of rotatable bonds is 6. The number of carbonyl (C=O) groups excluding carboxylic acids is 1. The van der Waals surface area contributed by atoms with Gasteiger partial charge < -0.3 is 30.9 Å². The molecule has 31 heavy (non-hydrogen) atoms. The number of hydrogen-bond donors (Lipinski definition) is 4. The Bertz CT molecular complexity index is 1010. The summed E-state index contributed by atoms with van der Waals surface area (Å²) in [4.78, 5) is 15.0. The van der Waals surface area contributed by atoms with Crippen LogP contribution in [0.25, 0.3) is 0 Å². The molecule has 166 valence electrons. The summed E-state index contributed by atoms with van der Waals surface area (Å²) in [6.07, 6.45) is 0.352. The number of likely N-dealkylation sites (N-methyl/N-ethyl adjacent to an activating group) is 1. The van der Waals surface area contributed by atoms with Crippen LogP contribution in [-0.2, 0) is 6.42 Å². The van der Waals surface area contributed by atoms with Gasteiger partial charge in [-0.15, -0.1) is 0 Å². The van der Waals surface area contributed by atoms with Crippen LogP contribution in [-0.4, -0.2) is 49.9 Å². The molecular formula is C22H27Cl2N5O2. The fraction of sp³-hybridized carbons (Fsp3) is 0.409. The Hall–Kier alpha value is -2.35. The van der Waals surface area contributed by atoms with E-state index in [4.69, 9.17) is 27.9 Å². The average molecular weight is 464 g/mol. The van der Waals surface area contributed by atoms with E-state index in [1.165, 1.54) is 0 Å². The van der Waals surface area contributed by atoms with Gasteiger partial charge in [0.25, 0.3) is 5.91 Å². The maximum absolute atomic E-state index is 13.0. The molecule has 0 fully saturated rings. The van der Waals surface area contributed by atoms with E-state index in [1.54, 1.807) is 18.2 Å². The van der Waals surface area contributed by atoms with Gasteiger partial charge in [-0.05, 0) is 46.1 Å². The lowest BCUT2D eigenvalue weighted by Crippen LogP contribution is -2.32. The van der Waals surface area contributed by atoms with E-state index < -0.39 is 5.60 Å². The molecule has 2 aromatic rings. The molecule has 7 nitrogen and oxygen atoms in total. The number of carbonyl (C=O) groups is 1. The predicted molar refractivity (Wildman–Crippen MR) is 127 cm³/mol. The third-order valence-electron chi connectivity index (χ3n) is 5.29. The second kappa shape index (κ2) is 8.30. The van der Waals surface area contributed by atoms with Crippen molar-refractivity contribution >= 4 is 46.2 Å². The number of anilines is 3. The number of fused-ring (bicyclic) bond motifs is 3. The van der Waals surface area contributed by atoms with Gasteiger partial charge in [0.1, 0.15) is 11.4 Å². The molecule has 4 N–H and O–H groups in total. The summed E-state index contributed by atoms with van der Waals surface area (Å²) in [5.74, 6) is 0.489. The molecule has 2 aliphatic rings. The fourth-order valence-corrected chi connectivity index (χ4v) is 4.37. The Kier molecular flexibility index (Phi) is 5.85. The predicted octanol–water partition coefficient (Wildman–Crippen LogP) is 4.23. The van der Waals surface area contributed by atoms with Gasteiger partial charge >= 0.3 is 0 Å². The van der Waals surface area contributed by atoms with Crippen molar-refractivity contribution < 1.29 is 9.53 Å². The zero-order valence-electron chi connectivity index (χ0n) is 18.0. The quantitative estimate of drug-likeness (QED) is 0.513. The van der Waals surface area contributed by atoms with Crippen LogP contribution in [0.2, 0.25) is 10.0 Å². The summed E-state index contributed by atoms with van der Waals surface area (Å²) in [6, 6.07) is 7.20. The van der Waals surface area contributed by atoms with Crippen molar-refractivity contribution in [3.8, 4) is 5.75 Å². The molecule has 0 aliphatic carbocycles. The summed E-state index contributed by atoms with van der Waals surface area (Å²) < 4.78 is 6.19. The van der Waals surface area contributed by atoms with Crippen molar-refractivity contribution in [3.63, 3.8) is 0 Å². The fourth-order valence-electron chi connectivity index (χ4n) is 3.87. The largest absolute Gasteiger partial charge is 0.486 e. The number of amides is 1. The highest BCUT2D eigenvalue weighted by Gasteiger charge is 2.39. The van der Waals surface area contributed by atoms with Crippen molar-refractivity contribution in [1.29, 1.82) is 0 Å². The van der Waals surface area contributed by atoms with Crippen LogP contribution < -0.4 is 26.0 Å². The maximum atomic E-state index is 13.0. The van der Waals surface area contributed by atoms with Crippen LogP contribution in [0.1, 0.15) is 29.8 Å². The summed E-state index contributed by atoms with van der Waals surface area (Å²) in [6.45, 7) is 5.36. The maximum Gasteiger partial charge on any atom is 0.255 e. The Morgan fingerprint density at radius 3 is 2.65 bits per heavy atom. The number of nitrogens with zero attached hydrogens (tertiary/aromatic N) is 1. The monoisotopic (exact) mass is 463 g/mol. The number of halogens is 2. The molecule has 2 aromatic carbocycles. The van der Waals surface area contributed by atoms with Gasteiger partial charge in [0, 0.05) is 25.1 Å². The molecule has 1 unspecified atom stereocenters. The van der Waals surface area contributed by atoms with Crippen LogP contribution in [0.5, 0.6) is 5.75 Å². The standard InChI is InChI=1S/C22H27Cl2N5O2/c1-22(2)11-13-17-16(10-12(19(13)31-22)20(30)25-8-9-29(3)4)26-21(27-17)28-18-14(23)6-5-7-15(18)24/h5-7,10,21,26-28H,8-9,11H2,1-4H3,(H,25,30). The highest BCUT2D eigenvalue weighted by atomic mass is 35.5. The molecule has 0 radical (unpaired) electrons. The molecule has 1 atom stereocenters. The van der Waals surface area contributed by atoms with E-state index in [9.17, 15) is 4.79 Å². The van der Waals surface area contributed by atoms with Crippen LogP contribution in [0.3, 0.4) is 0 Å². The van der Waals surface area contributed by atoms with E-state index in [2.05, 4.69) is 21.3 Å². The second-order valence-corrected chi connectivity index (χ2v) is 9.53. The van der Waals surface area contributed by atoms with Gasteiger partial charge in [-0.2, -0.15) is 0 Å². The van der Waals surface area contributed by atoms with Crippen LogP contribution in [0.4, 0.5) is 17.1 Å². The third-order valence-corrected chi connectivity index (χ3v) is 5.92. The molecule has 9 heteroatoms. The van der Waals surface area contributed by atoms with Crippen molar-refractivity contribution in [2.75, 3.05) is 43.1 Å². The van der Waals surface area contributed by atoms with E-state index in [1.807, 2.05) is 38.9 Å². The molecule has 2 heterocycles. The first-order valence-electron chi connectivity index (χ1n) is 10.2. The number of benzene rings is 2. The van der Waals surface area contributed by atoms with Crippen molar-refractivity contribution in [2.45, 2.75) is 32.2 Å². The topological polar surface area (TPSA) is 77.7 Å². The van der Waals surface area contributed by atoms with Gasteiger partial charge in [-0.3, -0.25) is 4.79 Å². The molecule has 0 spiro atoms. The first kappa shape index (κ1) is 21.9. The SMILES string of the molecule is CN(C)CCNC(=O)c1cc2c(c3c1OC(C)(C)C3)NC(Nc1c(Cl)cccc1Cl)N2. The summed E-state index contributed by atoms with van der Waals surface area (Å²) in [7, 11) is 3.94. The molecule has 4 rings (SSSR count). The van der Waals surface area contributed by atoms with Crippen LogP contribution in [0.15, 0.2) is 24.3 Å². The van der Waals surface area contributed by atoms with Crippen molar-refractivity contribution in [3.05, 3.63) is 45.4 Å².